The predicted octanol–water partition coefficient (Wildman–Crippen LogP) is 2.00. The number of primary amides is 1. The van der Waals surface area contributed by atoms with Crippen LogP contribution in [0.5, 0.6) is 0 Å². The van der Waals surface area contributed by atoms with Crippen LogP contribution < -0.4 is 5.73 Å². The Morgan fingerprint density at radius 3 is 2.50 bits per heavy atom. The molecule has 0 radical (unpaired) electrons. The van der Waals surface area contributed by atoms with Gasteiger partial charge in [-0.3, -0.25) is 4.90 Å². The van der Waals surface area contributed by atoms with Gasteiger partial charge < -0.3 is 10.5 Å². The molecule has 108 valence electrons. The average molecular weight is 292 g/mol. The molecule has 1 aromatic carbocycles. The molecule has 0 saturated heterocycles. The van der Waals surface area contributed by atoms with Crippen LogP contribution in [0.2, 0.25) is 0 Å². The summed E-state index contributed by atoms with van der Waals surface area (Å²) in [5.41, 5.74) is 6.05. The molecular weight excluding hydrogens is 270 g/mol. The van der Waals surface area contributed by atoms with Gasteiger partial charge in [-0.1, -0.05) is 12.1 Å². The van der Waals surface area contributed by atoms with Gasteiger partial charge in [0.1, 0.15) is 12.4 Å². The molecule has 0 spiro atoms. The minimum absolute atomic E-state index is 0. The summed E-state index contributed by atoms with van der Waals surface area (Å²) in [5.74, 6) is -0.388. The maximum absolute atomic E-state index is 13.8. The molecule has 2 N–H and O–H groups in total. The molecule has 0 atom stereocenters. The summed E-state index contributed by atoms with van der Waals surface area (Å²) in [5, 5.41) is 0. The van der Waals surface area contributed by atoms with Crippen LogP contribution in [0, 0.1) is 5.82 Å². The third-order valence-corrected chi connectivity index (χ3v) is 3.13. The van der Waals surface area contributed by atoms with Crippen LogP contribution in [0.3, 0.4) is 0 Å². The van der Waals surface area contributed by atoms with Crippen LogP contribution in [0.4, 0.5) is 9.18 Å². The second-order valence-corrected chi connectivity index (χ2v) is 5.51. The van der Waals surface area contributed by atoms with E-state index in [1.54, 1.807) is 6.07 Å². The normalized spacial score (nSPS) is 11.1. The van der Waals surface area contributed by atoms with Crippen molar-refractivity contribution in [2.45, 2.75) is 39.5 Å². The molecule has 0 bridgehead atoms. The summed E-state index contributed by atoms with van der Waals surface area (Å²) in [6.07, 6.45) is -0.904. The number of hydrogen-bond acceptors (Lipinski definition) is 3. The zero-order valence-corrected chi connectivity index (χ0v) is 11.9. The van der Waals surface area contributed by atoms with Crippen molar-refractivity contribution in [3.63, 3.8) is 0 Å². The first-order valence-corrected chi connectivity index (χ1v) is 6.11. The fourth-order valence-electron chi connectivity index (χ4n) is 1.55. The van der Waals surface area contributed by atoms with Gasteiger partial charge in [0.25, 0.3) is 0 Å². The van der Waals surface area contributed by atoms with Crippen molar-refractivity contribution in [2.24, 2.45) is 5.73 Å². The molecule has 0 aliphatic heterocycles. The van der Waals surface area contributed by atoms with Crippen LogP contribution in [0.15, 0.2) is 18.2 Å². The number of nitrogens with two attached hydrogens (primary N) is 1. The molecule has 0 unspecified atom stereocenters. The van der Waals surface area contributed by atoms with Crippen molar-refractivity contribution in [3.8, 4) is 0 Å². The Morgan fingerprint density at radius 2 is 2.00 bits per heavy atom. The standard InChI is InChI=1S/C14H21FN2O2.Na.H/c1-14(2,3)17(4)8-10-6-5-7-12(15)11(10)9-19-13(16)18;;/h5-7H,8-9H2,1-4H3,(H2,16,18);;. The molecule has 6 heteroatoms. The first kappa shape index (κ1) is 19.4. The number of nitrogens with zero attached hydrogens (tertiary/aromatic N) is 1. The number of rotatable bonds is 4. The summed E-state index contributed by atoms with van der Waals surface area (Å²) in [6, 6.07) is 4.82. The van der Waals surface area contributed by atoms with Gasteiger partial charge in [0.05, 0.1) is 0 Å². The molecule has 0 aliphatic carbocycles. The van der Waals surface area contributed by atoms with Gasteiger partial charge in [0.15, 0.2) is 0 Å². The van der Waals surface area contributed by atoms with Crippen molar-refractivity contribution in [2.75, 3.05) is 7.05 Å². The Bertz CT molecular complexity index is 461. The number of hydrogen-bond donors (Lipinski definition) is 1. The summed E-state index contributed by atoms with van der Waals surface area (Å²) in [6.45, 7) is 6.65. The zero-order valence-electron chi connectivity index (χ0n) is 11.9. The predicted molar refractivity (Wildman–Crippen MR) is 79.1 cm³/mol. The number of carbonyl (C=O) groups excluding carboxylic acids is 1. The van der Waals surface area contributed by atoms with Crippen molar-refractivity contribution in [1.29, 1.82) is 0 Å². The quantitative estimate of drug-likeness (QED) is 0.864. The average Bonchev–Trinajstić information content (AvgIpc) is 2.26. The minimum atomic E-state index is -0.904. The van der Waals surface area contributed by atoms with E-state index >= 15 is 0 Å². The molecule has 1 amide bonds. The number of halogens is 1. The first-order chi connectivity index (χ1) is 8.71. The number of benzene rings is 1. The van der Waals surface area contributed by atoms with E-state index in [1.165, 1.54) is 6.07 Å². The third-order valence-electron chi connectivity index (χ3n) is 3.13. The van der Waals surface area contributed by atoms with E-state index in [9.17, 15) is 9.18 Å². The summed E-state index contributed by atoms with van der Waals surface area (Å²) in [7, 11) is 1.96. The topological polar surface area (TPSA) is 55.6 Å². The molecule has 1 aromatic rings. The number of amides is 1. The molecule has 1 rings (SSSR count). The Balaban J connectivity index is 0.00000361. The Kier molecular flexibility index (Phi) is 7.73. The van der Waals surface area contributed by atoms with Crippen LogP contribution in [0.1, 0.15) is 31.9 Å². The number of ether oxygens (including phenoxy) is 1. The first-order valence-electron chi connectivity index (χ1n) is 6.11. The zero-order chi connectivity index (χ0) is 14.6. The van der Waals surface area contributed by atoms with Gasteiger partial charge >= 0.3 is 35.7 Å². The summed E-state index contributed by atoms with van der Waals surface area (Å²) in [4.78, 5) is 12.7. The molecule has 0 aromatic heterocycles. The van der Waals surface area contributed by atoms with Gasteiger partial charge in [-0.05, 0) is 39.4 Å². The SMILES string of the molecule is CN(Cc1cccc(F)c1COC(N)=O)C(C)(C)C.[NaH]. The molecule has 20 heavy (non-hydrogen) atoms. The van der Waals surface area contributed by atoms with Gasteiger partial charge in [0.2, 0.25) is 0 Å². The van der Waals surface area contributed by atoms with E-state index in [2.05, 4.69) is 25.7 Å². The van der Waals surface area contributed by atoms with Crippen molar-refractivity contribution in [3.05, 3.63) is 35.1 Å². The Morgan fingerprint density at radius 1 is 1.40 bits per heavy atom. The van der Waals surface area contributed by atoms with Crippen LogP contribution in [0.25, 0.3) is 0 Å². The van der Waals surface area contributed by atoms with Gasteiger partial charge in [-0.2, -0.15) is 0 Å². The van der Waals surface area contributed by atoms with Crippen molar-refractivity contribution < 1.29 is 13.9 Å². The van der Waals surface area contributed by atoms with E-state index in [1.807, 2.05) is 13.1 Å². The summed E-state index contributed by atoms with van der Waals surface area (Å²) < 4.78 is 18.5. The second-order valence-electron chi connectivity index (χ2n) is 5.51. The Hall–Kier alpha value is -0.620. The summed E-state index contributed by atoms with van der Waals surface area (Å²) >= 11 is 0. The van der Waals surface area contributed by atoms with E-state index in [0.717, 1.165) is 5.56 Å². The van der Waals surface area contributed by atoms with E-state index in [4.69, 9.17) is 10.5 Å². The van der Waals surface area contributed by atoms with Gasteiger partial charge in [-0.25, -0.2) is 9.18 Å². The van der Waals surface area contributed by atoms with Gasteiger partial charge in [-0.15, -0.1) is 0 Å². The fraction of sp³-hybridized carbons (Fsp3) is 0.500. The van der Waals surface area contributed by atoms with Crippen molar-refractivity contribution in [1.82, 2.24) is 4.90 Å². The van der Waals surface area contributed by atoms with Crippen LogP contribution >= 0.6 is 0 Å². The fourth-order valence-corrected chi connectivity index (χ4v) is 1.55. The Labute approximate surface area is 141 Å². The van der Waals surface area contributed by atoms with Crippen LogP contribution in [-0.4, -0.2) is 53.1 Å². The number of carbonyl (C=O) groups is 1. The van der Waals surface area contributed by atoms with Gasteiger partial charge in [0, 0.05) is 17.6 Å². The van der Waals surface area contributed by atoms with E-state index in [0.29, 0.717) is 12.1 Å². The molecule has 0 saturated carbocycles. The van der Waals surface area contributed by atoms with E-state index < -0.39 is 6.09 Å². The molecule has 0 aliphatic rings. The molecule has 0 fully saturated rings. The molecular formula is C14H22FN2NaO2. The van der Waals surface area contributed by atoms with E-state index in [-0.39, 0.29) is 47.5 Å². The molecule has 4 nitrogen and oxygen atoms in total. The second kappa shape index (κ2) is 7.98. The maximum atomic E-state index is 13.8. The third kappa shape index (κ3) is 5.79. The monoisotopic (exact) mass is 292 g/mol. The van der Waals surface area contributed by atoms with Crippen molar-refractivity contribution >= 4 is 35.7 Å². The molecule has 0 heterocycles. The van der Waals surface area contributed by atoms with Crippen LogP contribution in [-0.2, 0) is 17.9 Å².